The lowest BCUT2D eigenvalue weighted by molar-refractivity contribution is -0.122. The van der Waals surface area contributed by atoms with Crippen molar-refractivity contribution in [2.75, 3.05) is 13.2 Å². The molecule has 0 spiro atoms. The van der Waals surface area contributed by atoms with Crippen LogP contribution in [0.4, 0.5) is 4.39 Å². The van der Waals surface area contributed by atoms with Crippen LogP contribution in [0.5, 0.6) is 5.75 Å². The SMILES string of the molecule is O=C(NC(Cc1c[nH]c2ccccc12)C(=O)NCCCCOc1ccc(F)cc1)c1cccs1. The zero-order valence-electron chi connectivity index (χ0n) is 18.6. The molecule has 0 aliphatic rings. The van der Waals surface area contributed by atoms with Crippen LogP contribution in [0.2, 0.25) is 0 Å². The van der Waals surface area contributed by atoms with Gasteiger partial charge in [0.2, 0.25) is 5.91 Å². The fourth-order valence-corrected chi connectivity index (χ4v) is 4.28. The number of hydrogen-bond donors (Lipinski definition) is 3. The molecule has 2 aromatic carbocycles. The van der Waals surface area contributed by atoms with Crippen molar-refractivity contribution >= 4 is 34.1 Å². The summed E-state index contributed by atoms with van der Waals surface area (Å²) in [6.45, 7) is 0.931. The number of amides is 2. The average molecular weight is 480 g/mol. The molecule has 8 heteroatoms. The van der Waals surface area contributed by atoms with Crippen LogP contribution in [-0.2, 0) is 11.2 Å². The maximum absolute atomic E-state index is 13.0. The number of rotatable bonds is 11. The highest BCUT2D eigenvalue weighted by Gasteiger charge is 2.23. The van der Waals surface area contributed by atoms with Gasteiger partial charge in [0.25, 0.3) is 5.91 Å². The summed E-state index contributed by atoms with van der Waals surface area (Å²) in [5, 5.41) is 8.69. The summed E-state index contributed by atoms with van der Waals surface area (Å²) >= 11 is 1.34. The molecule has 0 fully saturated rings. The summed E-state index contributed by atoms with van der Waals surface area (Å²) in [7, 11) is 0. The molecule has 0 bridgehead atoms. The Hall–Kier alpha value is -3.65. The number of aromatic nitrogens is 1. The molecule has 34 heavy (non-hydrogen) atoms. The molecule has 6 nitrogen and oxygen atoms in total. The van der Waals surface area contributed by atoms with E-state index in [4.69, 9.17) is 4.74 Å². The largest absolute Gasteiger partial charge is 0.494 e. The van der Waals surface area contributed by atoms with E-state index in [9.17, 15) is 14.0 Å². The topological polar surface area (TPSA) is 83.2 Å². The van der Waals surface area contributed by atoms with Crippen molar-refractivity contribution in [1.82, 2.24) is 15.6 Å². The summed E-state index contributed by atoms with van der Waals surface area (Å²) < 4.78 is 18.5. The zero-order valence-corrected chi connectivity index (χ0v) is 19.4. The number of benzene rings is 2. The molecule has 3 N–H and O–H groups in total. The number of thiophene rings is 1. The fraction of sp³-hybridized carbons (Fsp3) is 0.231. The smallest absolute Gasteiger partial charge is 0.262 e. The molecule has 1 unspecified atom stereocenters. The number of aromatic amines is 1. The van der Waals surface area contributed by atoms with Crippen molar-refractivity contribution in [3.05, 3.63) is 88.5 Å². The third-order valence-electron chi connectivity index (χ3n) is 5.42. The molecule has 176 valence electrons. The maximum Gasteiger partial charge on any atom is 0.262 e. The molecule has 2 heterocycles. The van der Waals surface area contributed by atoms with Gasteiger partial charge >= 0.3 is 0 Å². The molecule has 1 atom stereocenters. The number of halogens is 1. The van der Waals surface area contributed by atoms with Gasteiger partial charge in [-0.1, -0.05) is 24.3 Å². The molecule has 4 aromatic rings. The van der Waals surface area contributed by atoms with Crippen LogP contribution in [0.3, 0.4) is 0 Å². The second kappa shape index (κ2) is 11.5. The van der Waals surface area contributed by atoms with E-state index in [2.05, 4.69) is 15.6 Å². The van der Waals surface area contributed by atoms with E-state index in [-0.39, 0.29) is 17.6 Å². The highest BCUT2D eigenvalue weighted by atomic mass is 32.1. The van der Waals surface area contributed by atoms with Gasteiger partial charge in [-0.05, 0) is 60.2 Å². The number of H-pyrrole nitrogens is 1. The molecular weight excluding hydrogens is 453 g/mol. The molecule has 2 aromatic heterocycles. The summed E-state index contributed by atoms with van der Waals surface area (Å²) in [4.78, 5) is 29.4. The third-order valence-corrected chi connectivity index (χ3v) is 6.29. The van der Waals surface area contributed by atoms with Gasteiger partial charge in [-0.15, -0.1) is 11.3 Å². The van der Waals surface area contributed by atoms with E-state index >= 15 is 0 Å². The van der Waals surface area contributed by atoms with Crippen LogP contribution in [0.25, 0.3) is 10.9 Å². The maximum atomic E-state index is 13.0. The number of para-hydroxylation sites is 1. The van der Waals surface area contributed by atoms with Crippen molar-refractivity contribution in [1.29, 1.82) is 0 Å². The number of carbonyl (C=O) groups excluding carboxylic acids is 2. The van der Waals surface area contributed by atoms with Crippen LogP contribution in [0, 0.1) is 5.82 Å². The highest BCUT2D eigenvalue weighted by molar-refractivity contribution is 7.12. The van der Waals surface area contributed by atoms with Gasteiger partial charge in [-0.2, -0.15) is 0 Å². The number of ether oxygens (including phenoxy) is 1. The Morgan fingerprint density at radius 2 is 1.85 bits per heavy atom. The number of fused-ring (bicyclic) bond motifs is 1. The van der Waals surface area contributed by atoms with Gasteiger partial charge in [-0.25, -0.2) is 4.39 Å². The molecular formula is C26H26FN3O3S. The van der Waals surface area contributed by atoms with Crippen molar-refractivity contribution in [3.63, 3.8) is 0 Å². The minimum atomic E-state index is -0.704. The van der Waals surface area contributed by atoms with E-state index in [1.54, 1.807) is 18.2 Å². The van der Waals surface area contributed by atoms with E-state index in [1.807, 2.05) is 41.9 Å². The molecule has 0 radical (unpaired) electrons. The first-order chi connectivity index (χ1) is 16.6. The highest BCUT2D eigenvalue weighted by Crippen LogP contribution is 2.19. The van der Waals surface area contributed by atoms with Gasteiger partial charge in [0.1, 0.15) is 17.6 Å². The van der Waals surface area contributed by atoms with Gasteiger partial charge in [0.15, 0.2) is 0 Å². The van der Waals surface area contributed by atoms with Crippen molar-refractivity contribution in [3.8, 4) is 5.75 Å². The minimum absolute atomic E-state index is 0.227. The molecule has 2 amide bonds. The Kier molecular flexibility index (Phi) is 7.93. The lowest BCUT2D eigenvalue weighted by Crippen LogP contribution is -2.48. The van der Waals surface area contributed by atoms with E-state index in [0.29, 0.717) is 36.6 Å². The van der Waals surface area contributed by atoms with Crippen LogP contribution in [0.1, 0.15) is 28.1 Å². The molecule has 0 saturated carbocycles. The van der Waals surface area contributed by atoms with Crippen LogP contribution >= 0.6 is 11.3 Å². The molecule has 4 rings (SSSR count). The fourth-order valence-electron chi connectivity index (χ4n) is 3.65. The number of hydrogen-bond acceptors (Lipinski definition) is 4. The standard InChI is InChI=1S/C26H26FN3O3S/c27-19-9-11-20(12-10-19)33-14-4-3-13-28-25(31)23(30-26(32)24-8-5-15-34-24)16-18-17-29-22-7-2-1-6-21(18)22/h1-2,5-12,15,17,23,29H,3-4,13-14,16H2,(H,28,31)(H,30,32). The van der Waals surface area contributed by atoms with Gasteiger partial charge in [-0.3, -0.25) is 9.59 Å². The molecule has 0 saturated heterocycles. The Labute approximate surface area is 201 Å². The molecule has 0 aliphatic heterocycles. The van der Waals surface area contributed by atoms with Gasteiger partial charge in [0, 0.05) is 30.1 Å². The quantitative estimate of drug-likeness (QED) is 0.273. The summed E-state index contributed by atoms with van der Waals surface area (Å²) in [5.41, 5.74) is 1.96. The summed E-state index contributed by atoms with van der Waals surface area (Å²) in [6, 6.07) is 16.6. The van der Waals surface area contributed by atoms with Crippen LogP contribution < -0.4 is 15.4 Å². The number of nitrogens with one attached hydrogen (secondary N) is 3. The third kappa shape index (κ3) is 6.23. The van der Waals surface area contributed by atoms with Crippen LogP contribution in [0.15, 0.2) is 72.2 Å². The normalized spacial score (nSPS) is 11.8. The van der Waals surface area contributed by atoms with E-state index < -0.39 is 6.04 Å². The van der Waals surface area contributed by atoms with E-state index in [0.717, 1.165) is 22.9 Å². The van der Waals surface area contributed by atoms with Gasteiger partial charge < -0.3 is 20.4 Å². The first-order valence-electron chi connectivity index (χ1n) is 11.2. The van der Waals surface area contributed by atoms with Crippen molar-refractivity contribution in [2.24, 2.45) is 0 Å². The lowest BCUT2D eigenvalue weighted by Gasteiger charge is -2.18. The minimum Gasteiger partial charge on any atom is -0.494 e. The second-order valence-electron chi connectivity index (χ2n) is 7.87. The Bertz CT molecular complexity index is 1220. The Morgan fingerprint density at radius 1 is 1.03 bits per heavy atom. The van der Waals surface area contributed by atoms with Crippen molar-refractivity contribution in [2.45, 2.75) is 25.3 Å². The summed E-state index contributed by atoms with van der Waals surface area (Å²) in [6.07, 6.45) is 3.70. The Morgan fingerprint density at radius 3 is 2.65 bits per heavy atom. The zero-order chi connectivity index (χ0) is 23.8. The second-order valence-corrected chi connectivity index (χ2v) is 8.82. The average Bonchev–Trinajstić information content (AvgIpc) is 3.53. The van der Waals surface area contributed by atoms with E-state index in [1.165, 1.54) is 23.5 Å². The predicted molar refractivity (Wildman–Crippen MR) is 132 cm³/mol. The number of unbranched alkanes of at least 4 members (excludes halogenated alkanes) is 1. The summed E-state index contributed by atoms with van der Waals surface area (Å²) in [5.74, 6) is -0.179. The monoisotopic (exact) mass is 479 g/mol. The van der Waals surface area contributed by atoms with Crippen LogP contribution in [-0.4, -0.2) is 36.0 Å². The predicted octanol–water partition coefficient (Wildman–Crippen LogP) is 4.69. The first kappa shape index (κ1) is 23.5. The first-order valence-corrected chi connectivity index (χ1v) is 12.0. The lowest BCUT2D eigenvalue weighted by atomic mass is 10.0. The number of carbonyl (C=O) groups is 2. The Balaban J connectivity index is 1.31. The molecule has 0 aliphatic carbocycles. The van der Waals surface area contributed by atoms with Crippen molar-refractivity contribution < 1.29 is 18.7 Å². The van der Waals surface area contributed by atoms with Gasteiger partial charge in [0.05, 0.1) is 11.5 Å².